The maximum atomic E-state index is 13.2. The van der Waals surface area contributed by atoms with Crippen molar-refractivity contribution in [3.63, 3.8) is 0 Å². The molecule has 2 atom stereocenters. The van der Waals surface area contributed by atoms with E-state index in [0.717, 1.165) is 11.3 Å². The molecule has 130 valence electrons. The maximum Gasteiger partial charge on any atom is 0.329 e. The maximum absolute atomic E-state index is 13.2. The number of para-hydroxylation sites is 1. The van der Waals surface area contributed by atoms with Crippen LogP contribution in [-0.4, -0.2) is 38.0 Å². The molecular weight excluding hydrogens is 360 g/mol. The van der Waals surface area contributed by atoms with Crippen molar-refractivity contribution in [1.82, 2.24) is 0 Å². The third-order valence-corrected chi connectivity index (χ3v) is 6.80. The van der Waals surface area contributed by atoms with E-state index < -0.39 is 15.9 Å². The van der Waals surface area contributed by atoms with Gasteiger partial charge in [0.25, 0.3) is 0 Å². The summed E-state index contributed by atoms with van der Waals surface area (Å²) in [5.41, 5.74) is 2.37. The summed E-state index contributed by atoms with van der Waals surface area (Å²) in [5.74, 6) is -0.0315. The number of benzene rings is 2. The molecule has 2 saturated heterocycles. The second kappa shape index (κ2) is 5.75. The lowest BCUT2D eigenvalue weighted by molar-refractivity contribution is 0.255. The van der Waals surface area contributed by atoms with Crippen LogP contribution in [0.25, 0.3) is 0 Å². The Kier molecular flexibility index (Phi) is 3.77. The van der Waals surface area contributed by atoms with Gasteiger partial charge in [-0.15, -0.1) is 0 Å². The molecule has 0 spiro atoms. The molecule has 0 aliphatic carbocycles. The van der Waals surface area contributed by atoms with E-state index >= 15 is 0 Å². The second-order valence-corrected chi connectivity index (χ2v) is 9.09. The molecule has 2 heterocycles. The van der Waals surface area contributed by atoms with Gasteiger partial charge in [0.1, 0.15) is 0 Å². The van der Waals surface area contributed by atoms with Crippen LogP contribution in [0.4, 0.5) is 16.2 Å². The summed E-state index contributed by atoms with van der Waals surface area (Å²) >= 11 is 5.95. The molecule has 2 aliphatic rings. The lowest BCUT2D eigenvalue weighted by Crippen LogP contribution is -2.38. The first-order chi connectivity index (χ1) is 11.9. The highest BCUT2D eigenvalue weighted by atomic mass is 35.5. The van der Waals surface area contributed by atoms with Gasteiger partial charge in [0.15, 0.2) is 9.84 Å². The molecule has 2 fully saturated rings. The quantitative estimate of drug-likeness (QED) is 0.756. The summed E-state index contributed by atoms with van der Waals surface area (Å²) in [6, 6.07) is 13.5. The fourth-order valence-corrected chi connectivity index (χ4v) is 5.77. The van der Waals surface area contributed by atoms with E-state index in [4.69, 9.17) is 11.6 Å². The van der Waals surface area contributed by atoms with E-state index in [0.29, 0.717) is 10.7 Å². The van der Waals surface area contributed by atoms with Crippen LogP contribution in [0.2, 0.25) is 5.02 Å². The Morgan fingerprint density at radius 3 is 2.20 bits per heavy atom. The average Bonchev–Trinajstić information content (AvgIpc) is 2.99. The molecule has 2 aliphatic heterocycles. The third kappa shape index (κ3) is 2.69. The van der Waals surface area contributed by atoms with Crippen LogP contribution in [0.15, 0.2) is 48.5 Å². The molecule has 2 aromatic rings. The average molecular weight is 377 g/mol. The molecule has 4 rings (SSSR count). The molecule has 2 amide bonds. The lowest BCUT2D eigenvalue weighted by atomic mass is 10.1. The number of sulfone groups is 1. The number of amides is 2. The van der Waals surface area contributed by atoms with E-state index in [2.05, 4.69) is 0 Å². The highest BCUT2D eigenvalue weighted by Crippen LogP contribution is 2.39. The van der Waals surface area contributed by atoms with Crippen LogP contribution in [0.1, 0.15) is 5.56 Å². The molecule has 5 nitrogen and oxygen atoms in total. The van der Waals surface area contributed by atoms with Crippen LogP contribution < -0.4 is 9.80 Å². The summed E-state index contributed by atoms with van der Waals surface area (Å²) in [4.78, 5) is 16.4. The molecule has 0 aromatic heterocycles. The van der Waals surface area contributed by atoms with Crippen molar-refractivity contribution < 1.29 is 13.2 Å². The summed E-state index contributed by atoms with van der Waals surface area (Å²) in [7, 11) is -3.19. The first-order valence-electron chi connectivity index (χ1n) is 8.01. The van der Waals surface area contributed by atoms with Gasteiger partial charge >= 0.3 is 6.03 Å². The van der Waals surface area contributed by atoms with Gasteiger partial charge in [-0.25, -0.2) is 13.2 Å². The van der Waals surface area contributed by atoms with Crippen LogP contribution in [0.3, 0.4) is 0 Å². The molecule has 0 N–H and O–H groups in total. The molecule has 25 heavy (non-hydrogen) atoms. The predicted molar refractivity (Wildman–Crippen MR) is 99.2 cm³/mol. The zero-order valence-corrected chi connectivity index (χ0v) is 15.2. The van der Waals surface area contributed by atoms with Crippen LogP contribution in [-0.2, 0) is 9.84 Å². The first-order valence-corrected chi connectivity index (χ1v) is 10.2. The van der Waals surface area contributed by atoms with Crippen molar-refractivity contribution in [2.75, 3.05) is 21.3 Å². The fraction of sp³-hybridized carbons (Fsp3) is 0.278. The highest BCUT2D eigenvalue weighted by Gasteiger charge is 2.54. The monoisotopic (exact) mass is 376 g/mol. The Morgan fingerprint density at radius 2 is 1.56 bits per heavy atom. The number of carbonyl (C=O) groups is 1. The van der Waals surface area contributed by atoms with Gasteiger partial charge in [-0.1, -0.05) is 29.8 Å². The summed E-state index contributed by atoms with van der Waals surface area (Å²) in [6.07, 6.45) is 0. The number of rotatable bonds is 2. The normalized spacial score (nSPS) is 24.6. The Bertz CT molecular complexity index is 943. The molecule has 0 radical (unpaired) electrons. The van der Waals surface area contributed by atoms with Gasteiger partial charge in [0.2, 0.25) is 0 Å². The van der Waals surface area contributed by atoms with Gasteiger partial charge in [-0.3, -0.25) is 9.80 Å². The Balaban J connectivity index is 1.83. The first kappa shape index (κ1) is 16.4. The zero-order chi connectivity index (χ0) is 17.8. The van der Waals surface area contributed by atoms with Gasteiger partial charge in [0.05, 0.1) is 23.6 Å². The minimum absolute atomic E-state index is 0.0121. The van der Waals surface area contributed by atoms with Crippen molar-refractivity contribution in [2.24, 2.45) is 0 Å². The lowest BCUT2D eigenvalue weighted by Gasteiger charge is -2.24. The molecule has 0 unspecified atom stereocenters. The van der Waals surface area contributed by atoms with Crippen molar-refractivity contribution >= 4 is 38.8 Å². The number of carbonyl (C=O) groups excluding carboxylic acids is 1. The largest absolute Gasteiger partial charge is 0.329 e. The molecule has 2 aromatic carbocycles. The van der Waals surface area contributed by atoms with Gasteiger partial charge in [0, 0.05) is 16.4 Å². The van der Waals surface area contributed by atoms with Gasteiger partial charge < -0.3 is 0 Å². The molecule has 7 heteroatoms. The Labute approximate surface area is 151 Å². The smallest absolute Gasteiger partial charge is 0.288 e. The van der Waals surface area contributed by atoms with E-state index in [9.17, 15) is 13.2 Å². The number of hydrogen-bond acceptors (Lipinski definition) is 3. The molecular formula is C18H17ClN2O3S. The highest BCUT2D eigenvalue weighted by molar-refractivity contribution is 7.91. The standard InChI is InChI=1S/C18H17ClN2O3S/c1-12-4-2-3-5-15(12)21-17-11-25(23,24)10-16(17)20(18(21)22)14-8-6-13(19)7-9-14/h2-9,16-17H,10-11H2,1H3/t16-,17-/m1/s1. The second-order valence-electron chi connectivity index (χ2n) is 6.50. The number of halogens is 1. The van der Waals surface area contributed by atoms with E-state index in [1.807, 2.05) is 31.2 Å². The van der Waals surface area contributed by atoms with Crippen LogP contribution in [0, 0.1) is 6.92 Å². The van der Waals surface area contributed by atoms with Crippen molar-refractivity contribution in [3.8, 4) is 0 Å². The van der Waals surface area contributed by atoms with Crippen LogP contribution >= 0.6 is 11.6 Å². The Morgan fingerprint density at radius 1 is 0.960 bits per heavy atom. The van der Waals surface area contributed by atoms with E-state index in [1.54, 1.807) is 34.1 Å². The van der Waals surface area contributed by atoms with E-state index in [-0.39, 0.29) is 23.6 Å². The Hall–Kier alpha value is -2.05. The van der Waals surface area contributed by atoms with E-state index in [1.165, 1.54) is 0 Å². The van der Waals surface area contributed by atoms with Gasteiger partial charge in [-0.2, -0.15) is 0 Å². The minimum Gasteiger partial charge on any atom is -0.288 e. The number of nitrogens with zero attached hydrogens (tertiary/aromatic N) is 2. The predicted octanol–water partition coefficient (Wildman–Crippen LogP) is 3.26. The summed E-state index contributed by atoms with van der Waals surface area (Å²) in [5, 5.41) is 0.571. The van der Waals surface area contributed by atoms with Crippen molar-refractivity contribution in [3.05, 3.63) is 59.1 Å². The minimum atomic E-state index is -3.19. The number of aryl methyl sites for hydroxylation is 1. The third-order valence-electron chi connectivity index (χ3n) is 4.85. The fourth-order valence-electron chi connectivity index (χ4n) is 3.72. The zero-order valence-electron chi connectivity index (χ0n) is 13.6. The van der Waals surface area contributed by atoms with Crippen molar-refractivity contribution in [2.45, 2.75) is 19.0 Å². The van der Waals surface area contributed by atoms with Crippen LogP contribution in [0.5, 0.6) is 0 Å². The summed E-state index contributed by atoms with van der Waals surface area (Å²) < 4.78 is 24.5. The number of urea groups is 1. The number of anilines is 2. The topological polar surface area (TPSA) is 57.7 Å². The van der Waals surface area contributed by atoms with Crippen molar-refractivity contribution in [1.29, 1.82) is 0 Å². The molecule has 0 bridgehead atoms. The summed E-state index contributed by atoms with van der Waals surface area (Å²) in [6.45, 7) is 1.92. The SMILES string of the molecule is Cc1ccccc1N1C(=O)N(c2ccc(Cl)cc2)[C@@H]2CS(=O)(=O)C[C@H]21. The van der Waals surface area contributed by atoms with Gasteiger partial charge in [-0.05, 0) is 42.8 Å². The number of hydrogen-bond donors (Lipinski definition) is 0. The molecule has 0 saturated carbocycles. The number of fused-ring (bicyclic) bond motifs is 1.